The minimum absolute atomic E-state index is 0.441. The maximum Gasteiger partial charge on any atom is 0.143 e. The molecule has 0 saturated carbocycles. The summed E-state index contributed by atoms with van der Waals surface area (Å²) in [5, 5.41) is 11.6. The maximum atomic E-state index is 5.94. The monoisotopic (exact) mass is 214 g/mol. The largest absolute Gasteiger partial charge is 0.199 e. The number of rotatable bonds is 1. The second-order valence-electron chi connectivity index (χ2n) is 2.33. The molecule has 66 valence electrons. The van der Waals surface area contributed by atoms with Crippen molar-refractivity contribution in [3.63, 3.8) is 0 Å². The molecule has 0 aliphatic rings. The molecule has 13 heavy (non-hydrogen) atoms. The highest BCUT2D eigenvalue weighted by atomic mass is 35.5. The zero-order valence-electron chi connectivity index (χ0n) is 6.35. The van der Waals surface area contributed by atoms with Crippen LogP contribution in [0.3, 0.4) is 0 Å². The van der Waals surface area contributed by atoms with Gasteiger partial charge in [-0.2, -0.15) is 4.68 Å². The molecule has 1 aromatic heterocycles. The average molecular weight is 215 g/mol. The smallest absolute Gasteiger partial charge is 0.143 e. The van der Waals surface area contributed by atoms with Gasteiger partial charge in [0.05, 0.1) is 15.7 Å². The first-order valence-electron chi connectivity index (χ1n) is 3.46. The van der Waals surface area contributed by atoms with E-state index in [2.05, 4.69) is 15.5 Å². The summed E-state index contributed by atoms with van der Waals surface area (Å²) in [6.07, 6.45) is 1.46. The molecule has 0 aliphatic carbocycles. The third-order valence-corrected chi connectivity index (χ3v) is 2.34. The molecule has 0 aliphatic heterocycles. The molecule has 0 spiro atoms. The van der Waals surface area contributed by atoms with Crippen LogP contribution in [0, 0.1) is 0 Å². The lowest BCUT2D eigenvalue weighted by atomic mass is 10.3. The van der Waals surface area contributed by atoms with Gasteiger partial charge in [-0.15, -0.1) is 5.10 Å². The van der Waals surface area contributed by atoms with Crippen LogP contribution in [-0.4, -0.2) is 20.2 Å². The molecule has 4 nitrogen and oxygen atoms in total. The Kier molecular flexibility index (Phi) is 2.16. The highest BCUT2D eigenvalue weighted by Crippen LogP contribution is 2.27. The van der Waals surface area contributed by atoms with E-state index in [1.54, 1.807) is 18.2 Å². The third-order valence-electron chi connectivity index (χ3n) is 1.53. The van der Waals surface area contributed by atoms with E-state index < -0.39 is 0 Å². The Bertz CT molecular complexity index is 412. The standard InChI is InChI=1S/C7H4Cl2N4/c8-5-2-1-3-6(7(5)9)13-4-10-11-12-13/h1-4H. The summed E-state index contributed by atoms with van der Waals surface area (Å²) in [5.74, 6) is 0. The van der Waals surface area contributed by atoms with Crippen LogP contribution in [-0.2, 0) is 0 Å². The lowest BCUT2D eigenvalue weighted by molar-refractivity contribution is 0.789. The van der Waals surface area contributed by atoms with Crippen molar-refractivity contribution in [3.05, 3.63) is 34.6 Å². The minimum atomic E-state index is 0.441. The first-order chi connectivity index (χ1) is 6.29. The summed E-state index contributed by atoms with van der Waals surface area (Å²) >= 11 is 11.8. The highest BCUT2D eigenvalue weighted by Gasteiger charge is 2.06. The van der Waals surface area contributed by atoms with Gasteiger partial charge in [0.25, 0.3) is 0 Å². The van der Waals surface area contributed by atoms with Crippen LogP contribution < -0.4 is 0 Å². The molecule has 0 atom stereocenters. The molecular weight excluding hydrogens is 211 g/mol. The van der Waals surface area contributed by atoms with Crippen molar-refractivity contribution >= 4 is 23.2 Å². The van der Waals surface area contributed by atoms with E-state index in [0.29, 0.717) is 15.7 Å². The highest BCUT2D eigenvalue weighted by molar-refractivity contribution is 6.43. The zero-order valence-corrected chi connectivity index (χ0v) is 7.87. The van der Waals surface area contributed by atoms with Gasteiger partial charge in [-0.05, 0) is 22.6 Å². The summed E-state index contributed by atoms with van der Waals surface area (Å²) < 4.78 is 1.45. The molecule has 2 rings (SSSR count). The summed E-state index contributed by atoms with van der Waals surface area (Å²) in [6.45, 7) is 0. The molecule has 0 radical (unpaired) electrons. The SMILES string of the molecule is Clc1cccc(-n2cnnn2)c1Cl. The first kappa shape index (κ1) is 8.47. The molecule has 0 bridgehead atoms. The fourth-order valence-corrected chi connectivity index (χ4v) is 1.32. The molecule has 0 unspecified atom stereocenters. The van der Waals surface area contributed by atoms with Crippen molar-refractivity contribution in [1.29, 1.82) is 0 Å². The molecule has 2 aromatic rings. The summed E-state index contributed by atoms with van der Waals surface area (Å²) in [5.41, 5.74) is 0.666. The van der Waals surface area contributed by atoms with Crippen molar-refractivity contribution in [1.82, 2.24) is 20.2 Å². The average Bonchev–Trinajstić information content (AvgIpc) is 2.62. The van der Waals surface area contributed by atoms with Crippen LogP contribution in [0.4, 0.5) is 0 Å². The quantitative estimate of drug-likeness (QED) is 0.730. The number of benzene rings is 1. The Hall–Kier alpha value is -1.13. The van der Waals surface area contributed by atoms with Crippen molar-refractivity contribution in [2.75, 3.05) is 0 Å². The summed E-state index contributed by atoms with van der Waals surface area (Å²) in [7, 11) is 0. The Morgan fingerprint density at radius 2 is 2.08 bits per heavy atom. The number of nitrogens with zero attached hydrogens (tertiary/aromatic N) is 4. The van der Waals surface area contributed by atoms with E-state index in [1.807, 2.05) is 0 Å². The van der Waals surface area contributed by atoms with Gasteiger partial charge in [0.2, 0.25) is 0 Å². The van der Waals surface area contributed by atoms with Gasteiger partial charge in [-0.3, -0.25) is 0 Å². The van der Waals surface area contributed by atoms with E-state index in [-0.39, 0.29) is 0 Å². The predicted octanol–water partition coefficient (Wildman–Crippen LogP) is 1.97. The number of aromatic nitrogens is 4. The molecule has 1 heterocycles. The van der Waals surface area contributed by atoms with Gasteiger partial charge in [0, 0.05) is 0 Å². The number of hydrogen-bond acceptors (Lipinski definition) is 3. The van der Waals surface area contributed by atoms with Crippen LogP contribution >= 0.6 is 23.2 Å². The second-order valence-corrected chi connectivity index (χ2v) is 3.11. The minimum Gasteiger partial charge on any atom is -0.199 e. The molecule has 0 fully saturated rings. The van der Waals surface area contributed by atoms with Gasteiger partial charge in [0.15, 0.2) is 0 Å². The molecule has 6 heteroatoms. The fraction of sp³-hybridized carbons (Fsp3) is 0. The van der Waals surface area contributed by atoms with E-state index in [0.717, 1.165) is 0 Å². The van der Waals surface area contributed by atoms with E-state index in [1.165, 1.54) is 11.0 Å². The van der Waals surface area contributed by atoms with Crippen molar-refractivity contribution in [2.45, 2.75) is 0 Å². The van der Waals surface area contributed by atoms with Crippen LogP contribution in [0.1, 0.15) is 0 Å². The lowest BCUT2D eigenvalue weighted by Gasteiger charge is -2.02. The number of hydrogen-bond donors (Lipinski definition) is 0. The van der Waals surface area contributed by atoms with E-state index in [4.69, 9.17) is 23.2 Å². The Morgan fingerprint density at radius 3 is 2.77 bits per heavy atom. The topological polar surface area (TPSA) is 43.6 Å². The molecule has 0 amide bonds. The van der Waals surface area contributed by atoms with Gasteiger partial charge in [-0.1, -0.05) is 29.3 Å². The molecule has 1 aromatic carbocycles. The third kappa shape index (κ3) is 1.50. The maximum absolute atomic E-state index is 5.94. The summed E-state index contributed by atoms with van der Waals surface area (Å²) in [6, 6.07) is 5.27. The van der Waals surface area contributed by atoms with E-state index >= 15 is 0 Å². The van der Waals surface area contributed by atoms with Crippen LogP contribution in [0.15, 0.2) is 24.5 Å². The molecule has 0 N–H and O–H groups in total. The fourth-order valence-electron chi connectivity index (χ4n) is 0.941. The lowest BCUT2D eigenvalue weighted by Crippen LogP contribution is -1.95. The predicted molar refractivity (Wildman–Crippen MR) is 49.2 cm³/mol. The Balaban J connectivity index is 2.59. The zero-order chi connectivity index (χ0) is 9.26. The van der Waals surface area contributed by atoms with Gasteiger partial charge >= 0.3 is 0 Å². The van der Waals surface area contributed by atoms with Crippen molar-refractivity contribution in [2.24, 2.45) is 0 Å². The Morgan fingerprint density at radius 1 is 1.23 bits per heavy atom. The van der Waals surface area contributed by atoms with Gasteiger partial charge in [-0.25, -0.2) is 0 Å². The van der Waals surface area contributed by atoms with Gasteiger partial charge in [0.1, 0.15) is 6.33 Å². The van der Waals surface area contributed by atoms with Crippen molar-refractivity contribution < 1.29 is 0 Å². The van der Waals surface area contributed by atoms with Crippen molar-refractivity contribution in [3.8, 4) is 5.69 Å². The number of halogens is 2. The Labute approximate surface area is 84.1 Å². The molecule has 0 saturated heterocycles. The number of tetrazole rings is 1. The second kappa shape index (κ2) is 3.32. The first-order valence-corrected chi connectivity index (χ1v) is 4.22. The van der Waals surface area contributed by atoms with Crippen LogP contribution in [0.5, 0.6) is 0 Å². The van der Waals surface area contributed by atoms with E-state index in [9.17, 15) is 0 Å². The molecular formula is C7H4Cl2N4. The van der Waals surface area contributed by atoms with Gasteiger partial charge < -0.3 is 0 Å². The van der Waals surface area contributed by atoms with Crippen LogP contribution in [0.25, 0.3) is 5.69 Å². The summed E-state index contributed by atoms with van der Waals surface area (Å²) in [4.78, 5) is 0. The normalized spacial score (nSPS) is 10.3. The van der Waals surface area contributed by atoms with Crippen LogP contribution in [0.2, 0.25) is 10.0 Å².